The molecule has 18 heavy (non-hydrogen) atoms. The summed E-state index contributed by atoms with van der Waals surface area (Å²) >= 11 is 5.74. The van der Waals surface area contributed by atoms with Crippen LogP contribution in [0.2, 0.25) is 5.02 Å². The summed E-state index contributed by atoms with van der Waals surface area (Å²) < 4.78 is 0. The molecule has 6 nitrogen and oxygen atoms in total. The maximum Gasteiger partial charge on any atom is 0.276 e. The molecule has 0 saturated heterocycles. The predicted molar refractivity (Wildman–Crippen MR) is 67.9 cm³/mol. The van der Waals surface area contributed by atoms with Gasteiger partial charge < -0.3 is 0 Å². The summed E-state index contributed by atoms with van der Waals surface area (Å²) in [6.45, 7) is 3.29. The van der Waals surface area contributed by atoms with Crippen molar-refractivity contribution >= 4 is 23.4 Å². The molecule has 0 aliphatic carbocycles. The summed E-state index contributed by atoms with van der Waals surface area (Å²) in [5.41, 5.74) is -0.173. The molecule has 0 spiro atoms. The van der Waals surface area contributed by atoms with Gasteiger partial charge in [-0.25, -0.2) is 0 Å². The highest BCUT2D eigenvalue weighted by Crippen LogP contribution is 2.26. The normalized spacial score (nSPS) is 11.7. The first-order valence-corrected chi connectivity index (χ1v) is 5.50. The van der Waals surface area contributed by atoms with Gasteiger partial charge in [-0.05, 0) is 12.1 Å². The van der Waals surface area contributed by atoms with Crippen LogP contribution < -0.4 is 0 Å². The van der Waals surface area contributed by atoms with Crippen molar-refractivity contribution in [3.05, 3.63) is 54.7 Å². The van der Waals surface area contributed by atoms with Crippen LogP contribution in [0.1, 0.15) is 19.4 Å². The molecule has 0 amide bonds. The second-order valence-electron chi connectivity index (χ2n) is 3.94. The van der Waals surface area contributed by atoms with Gasteiger partial charge in [0.2, 0.25) is 5.70 Å². The van der Waals surface area contributed by atoms with Crippen LogP contribution in [-0.2, 0) is 0 Å². The van der Waals surface area contributed by atoms with Crippen molar-refractivity contribution in [2.45, 2.75) is 13.8 Å². The van der Waals surface area contributed by atoms with E-state index in [1.165, 1.54) is 24.3 Å². The number of nitro benzene ring substituents is 1. The van der Waals surface area contributed by atoms with Gasteiger partial charge in [-0.3, -0.25) is 20.2 Å². The third kappa shape index (κ3) is 3.27. The minimum Gasteiger partial charge on any atom is -0.259 e. The maximum absolute atomic E-state index is 10.8. The largest absolute Gasteiger partial charge is 0.276 e. The molecular weight excluding hydrogens is 260 g/mol. The smallest absolute Gasteiger partial charge is 0.259 e. The number of allylic oxidation sites excluding steroid dienone is 1. The van der Waals surface area contributed by atoms with Gasteiger partial charge in [0.05, 0.1) is 15.4 Å². The molecule has 0 fully saturated rings. The number of rotatable bonds is 4. The zero-order valence-electron chi connectivity index (χ0n) is 9.79. The Morgan fingerprint density at radius 3 is 2.39 bits per heavy atom. The van der Waals surface area contributed by atoms with Crippen molar-refractivity contribution in [2.24, 2.45) is 5.92 Å². The standard InChI is InChI=1S/C11H11ClN2O4/c1-7(2)11(14(17)18)6-8-5-9(12)3-4-10(8)13(15)16/h3-7H,1-2H3/b11-6-. The second-order valence-corrected chi connectivity index (χ2v) is 4.38. The molecular formula is C11H11ClN2O4. The Bertz CT molecular complexity index is 526. The molecule has 0 unspecified atom stereocenters. The van der Waals surface area contributed by atoms with Crippen LogP contribution in [0, 0.1) is 26.1 Å². The zero-order chi connectivity index (χ0) is 13.9. The Morgan fingerprint density at radius 2 is 1.94 bits per heavy atom. The van der Waals surface area contributed by atoms with Gasteiger partial charge in [-0.1, -0.05) is 25.4 Å². The van der Waals surface area contributed by atoms with E-state index in [0.29, 0.717) is 5.02 Å². The molecule has 0 radical (unpaired) electrons. The first-order chi connectivity index (χ1) is 8.32. The lowest BCUT2D eigenvalue weighted by atomic mass is 10.1. The molecule has 1 aromatic rings. The van der Waals surface area contributed by atoms with Crippen molar-refractivity contribution in [3.8, 4) is 0 Å². The Hall–Kier alpha value is -1.95. The first kappa shape index (κ1) is 14.1. The highest BCUT2D eigenvalue weighted by atomic mass is 35.5. The van der Waals surface area contributed by atoms with Crippen LogP contribution >= 0.6 is 11.6 Å². The van der Waals surface area contributed by atoms with Gasteiger partial charge in [0.15, 0.2) is 0 Å². The van der Waals surface area contributed by atoms with Gasteiger partial charge in [-0.2, -0.15) is 0 Å². The minimum absolute atomic E-state index is 0.0969. The first-order valence-electron chi connectivity index (χ1n) is 5.13. The molecule has 0 bridgehead atoms. The topological polar surface area (TPSA) is 86.3 Å². The van der Waals surface area contributed by atoms with E-state index in [1.54, 1.807) is 13.8 Å². The lowest BCUT2D eigenvalue weighted by Gasteiger charge is -2.03. The van der Waals surface area contributed by atoms with Crippen molar-refractivity contribution in [1.29, 1.82) is 0 Å². The fraction of sp³-hybridized carbons (Fsp3) is 0.273. The summed E-state index contributed by atoms with van der Waals surface area (Å²) in [6.07, 6.45) is 1.19. The van der Waals surface area contributed by atoms with Crippen LogP contribution in [0.3, 0.4) is 0 Å². The second kappa shape index (κ2) is 5.59. The molecule has 0 N–H and O–H groups in total. The molecule has 0 saturated carbocycles. The van der Waals surface area contributed by atoms with Crippen molar-refractivity contribution < 1.29 is 9.85 Å². The minimum atomic E-state index is -0.597. The SMILES string of the molecule is CC(C)/C(=C/c1cc(Cl)ccc1[N+](=O)[O-])[N+](=O)[O-]. The summed E-state index contributed by atoms with van der Waals surface area (Å²) in [6, 6.07) is 3.94. The van der Waals surface area contributed by atoms with E-state index >= 15 is 0 Å². The molecule has 0 aliphatic rings. The number of halogens is 1. The summed E-state index contributed by atoms with van der Waals surface area (Å²) in [7, 11) is 0. The van der Waals surface area contributed by atoms with E-state index in [-0.39, 0.29) is 22.9 Å². The lowest BCUT2D eigenvalue weighted by molar-refractivity contribution is -0.431. The fourth-order valence-electron chi connectivity index (χ4n) is 1.40. The van der Waals surface area contributed by atoms with Crippen LogP contribution in [0.15, 0.2) is 23.9 Å². The molecule has 96 valence electrons. The number of benzene rings is 1. The van der Waals surface area contributed by atoms with Crippen molar-refractivity contribution in [1.82, 2.24) is 0 Å². The van der Waals surface area contributed by atoms with Gasteiger partial charge >= 0.3 is 0 Å². The van der Waals surface area contributed by atoms with Gasteiger partial charge in [-0.15, -0.1) is 0 Å². The van der Waals surface area contributed by atoms with Crippen LogP contribution in [0.25, 0.3) is 6.08 Å². The van der Waals surface area contributed by atoms with E-state index in [1.807, 2.05) is 0 Å². The van der Waals surface area contributed by atoms with Gasteiger partial charge in [0.1, 0.15) is 0 Å². The number of nitrogens with zero attached hydrogens (tertiary/aromatic N) is 2. The lowest BCUT2D eigenvalue weighted by Crippen LogP contribution is -2.05. The molecule has 1 aromatic carbocycles. The molecule has 1 rings (SSSR count). The number of hydrogen-bond donors (Lipinski definition) is 0. The Morgan fingerprint density at radius 1 is 1.33 bits per heavy atom. The molecule has 7 heteroatoms. The monoisotopic (exact) mass is 270 g/mol. The van der Waals surface area contributed by atoms with E-state index in [9.17, 15) is 20.2 Å². The van der Waals surface area contributed by atoms with Crippen LogP contribution in [-0.4, -0.2) is 9.85 Å². The van der Waals surface area contributed by atoms with Crippen molar-refractivity contribution in [3.63, 3.8) is 0 Å². The van der Waals surface area contributed by atoms with E-state index in [2.05, 4.69) is 0 Å². The number of hydrogen-bond acceptors (Lipinski definition) is 4. The average Bonchev–Trinajstić information content (AvgIpc) is 2.24. The molecule has 0 heterocycles. The molecule has 0 atom stereocenters. The van der Waals surface area contributed by atoms with Crippen molar-refractivity contribution in [2.75, 3.05) is 0 Å². The zero-order valence-corrected chi connectivity index (χ0v) is 10.5. The fourth-order valence-corrected chi connectivity index (χ4v) is 1.58. The summed E-state index contributed by atoms with van der Waals surface area (Å²) in [5, 5.41) is 22.0. The van der Waals surface area contributed by atoms with E-state index < -0.39 is 9.85 Å². The summed E-state index contributed by atoms with van der Waals surface area (Å²) in [5.74, 6) is -0.349. The van der Waals surface area contributed by atoms with E-state index in [0.717, 1.165) is 0 Å². The van der Waals surface area contributed by atoms with Gasteiger partial charge in [0.25, 0.3) is 5.69 Å². The Balaban J connectivity index is 3.39. The highest BCUT2D eigenvalue weighted by molar-refractivity contribution is 6.30. The quantitative estimate of drug-likeness (QED) is 0.618. The third-order valence-electron chi connectivity index (χ3n) is 2.29. The summed E-state index contributed by atoms with van der Waals surface area (Å²) in [4.78, 5) is 20.5. The van der Waals surface area contributed by atoms with E-state index in [4.69, 9.17) is 11.6 Å². The predicted octanol–water partition coefficient (Wildman–Crippen LogP) is 3.52. The maximum atomic E-state index is 10.8. The highest BCUT2D eigenvalue weighted by Gasteiger charge is 2.20. The molecule has 0 aromatic heterocycles. The molecule has 0 aliphatic heterocycles. The number of nitro groups is 2. The Labute approximate surface area is 108 Å². The average molecular weight is 271 g/mol. The Kier molecular flexibility index (Phi) is 4.38. The van der Waals surface area contributed by atoms with Gasteiger partial charge in [0, 0.05) is 23.1 Å². The third-order valence-corrected chi connectivity index (χ3v) is 2.53. The van der Waals surface area contributed by atoms with Crippen LogP contribution in [0.5, 0.6) is 0 Å². The van der Waals surface area contributed by atoms with Crippen LogP contribution in [0.4, 0.5) is 5.69 Å².